The van der Waals surface area contributed by atoms with E-state index in [-0.39, 0.29) is 11.7 Å². The summed E-state index contributed by atoms with van der Waals surface area (Å²) < 4.78 is 12.9. The number of rotatable bonds is 9. The molecule has 1 aliphatic heterocycles. The van der Waals surface area contributed by atoms with Crippen molar-refractivity contribution in [2.75, 3.05) is 13.7 Å². The Morgan fingerprint density at radius 2 is 2.00 bits per heavy atom. The summed E-state index contributed by atoms with van der Waals surface area (Å²) in [5.41, 5.74) is 3.72. The summed E-state index contributed by atoms with van der Waals surface area (Å²) in [6.07, 6.45) is 2.22. The third kappa shape index (κ3) is 5.58. The maximum atomic E-state index is 12.9. The predicted molar refractivity (Wildman–Crippen MR) is 132 cm³/mol. The Kier molecular flexibility index (Phi) is 6.87. The Labute approximate surface area is 203 Å². The normalized spacial score (nSPS) is 15.8. The second-order valence-corrected chi connectivity index (χ2v) is 9.12. The highest BCUT2D eigenvalue weighted by Gasteiger charge is 2.21. The molecule has 4 aromatic rings. The SMILES string of the molecule is COc1ccc(CN(Cc2cc3cc(C)ccc3[nH]c2=O)Cc2nnnn2C[C@@H]2CCCO2)cc1. The van der Waals surface area contributed by atoms with Gasteiger partial charge < -0.3 is 14.5 Å². The molecular formula is C26H30N6O3. The van der Waals surface area contributed by atoms with E-state index >= 15 is 0 Å². The highest BCUT2D eigenvalue weighted by molar-refractivity contribution is 5.79. The molecule has 35 heavy (non-hydrogen) atoms. The molecule has 0 unspecified atom stereocenters. The fourth-order valence-electron chi connectivity index (χ4n) is 4.55. The number of H-pyrrole nitrogens is 1. The van der Waals surface area contributed by atoms with Crippen molar-refractivity contribution in [3.05, 3.63) is 81.4 Å². The van der Waals surface area contributed by atoms with Crippen LogP contribution in [0.1, 0.15) is 35.4 Å². The molecule has 9 nitrogen and oxygen atoms in total. The molecule has 1 atom stereocenters. The highest BCUT2D eigenvalue weighted by atomic mass is 16.5. The molecule has 0 spiro atoms. The van der Waals surface area contributed by atoms with E-state index in [9.17, 15) is 4.79 Å². The molecular weight excluding hydrogens is 444 g/mol. The van der Waals surface area contributed by atoms with E-state index in [0.29, 0.717) is 31.7 Å². The van der Waals surface area contributed by atoms with Crippen molar-refractivity contribution in [3.63, 3.8) is 0 Å². The van der Waals surface area contributed by atoms with Gasteiger partial charge in [-0.1, -0.05) is 23.8 Å². The number of aromatic nitrogens is 5. The number of aromatic amines is 1. The third-order valence-electron chi connectivity index (χ3n) is 6.41. The summed E-state index contributed by atoms with van der Waals surface area (Å²) in [5, 5.41) is 13.4. The minimum absolute atomic E-state index is 0.0833. The van der Waals surface area contributed by atoms with E-state index in [0.717, 1.165) is 53.1 Å². The quantitative estimate of drug-likeness (QED) is 0.398. The summed E-state index contributed by atoms with van der Waals surface area (Å²) in [5.74, 6) is 1.56. The molecule has 3 heterocycles. The minimum atomic E-state index is -0.0833. The monoisotopic (exact) mass is 474 g/mol. The van der Waals surface area contributed by atoms with Crippen molar-refractivity contribution >= 4 is 10.9 Å². The van der Waals surface area contributed by atoms with Crippen LogP contribution in [0.5, 0.6) is 5.75 Å². The van der Waals surface area contributed by atoms with Gasteiger partial charge in [-0.25, -0.2) is 4.68 Å². The van der Waals surface area contributed by atoms with Gasteiger partial charge in [-0.15, -0.1) is 5.10 Å². The van der Waals surface area contributed by atoms with Gasteiger partial charge in [-0.2, -0.15) is 0 Å². The van der Waals surface area contributed by atoms with Crippen LogP contribution in [0.15, 0.2) is 53.3 Å². The standard InChI is InChI=1S/C26H30N6O3/c1-18-5-10-24-20(12-18)13-21(26(33)27-24)15-31(14-19-6-8-22(34-2)9-7-19)17-25-28-29-30-32(25)16-23-4-3-11-35-23/h5-10,12-13,23H,3-4,11,14-17H2,1-2H3,(H,27,33)/t23-/m0/s1. The lowest BCUT2D eigenvalue weighted by Gasteiger charge is -2.22. The first-order valence-electron chi connectivity index (χ1n) is 11.9. The zero-order valence-electron chi connectivity index (χ0n) is 20.1. The van der Waals surface area contributed by atoms with E-state index < -0.39 is 0 Å². The predicted octanol–water partition coefficient (Wildman–Crippen LogP) is 3.21. The van der Waals surface area contributed by atoms with Gasteiger partial charge in [-0.05, 0) is 71.5 Å². The number of ether oxygens (including phenoxy) is 2. The third-order valence-corrected chi connectivity index (χ3v) is 6.41. The summed E-state index contributed by atoms with van der Waals surface area (Å²) in [4.78, 5) is 18.1. The van der Waals surface area contributed by atoms with Gasteiger partial charge in [0.05, 0.1) is 26.3 Å². The molecule has 182 valence electrons. The number of aryl methyl sites for hydroxylation is 1. The number of pyridine rings is 1. The topological polar surface area (TPSA) is 98.2 Å². The summed E-state index contributed by atoms with van der Waals surface area (Å²) in [7, 11) is 1.66. The van der Waals surface area contributed by atoms with Crippen molar-refractivity contribution in [2.24, 2.45) is 0 Å². The lowest BCUT2D eigenvalue weighted by atomic mass is 10.1. The molecule has 1 fully saturated rings. The molecule has 2 aromatic carbocycles. The smallest absolute Gasteiger partial charge is 0.252 e. The second-order valence-electron chi connectivity index (χ2n) is 9.12. The van der Waals surface area contributed by atoms with Crippen molar-refractivity contribution in [1.82, 2.24) is 30.1 Å². The lowest BCUT2D eigenvalue weighted by Crippen LogP contribution is -2.29. The van der Waals surface area contributed by atoms with Gasteiger partial charge in [0.25, 0.3) is 5.56 Å². The fraction of sp³-hybridized carbons (Fsp3) is 0.385. The molecule has 5 rings (SSSR count). The average molecular weight is 475 g/mol. The molecule has 0 bridgehead atoms. The van der Waals surface area contributed by atoms with Crippen LogP contribution in [0.3, 0.4) is 0 Å². The molecule has 0 aliphatic carbocycles. The zero-order valence-corrected chi connectivity index (χ0v) is 20.1. The van der Waals surface area contributed by atoms with Crippen LogP contribution >= 0.6 is 0 Å². The van der Waals surface area contributed by atoms with Crippen molar-refractivity contribution in [1.29, 1.82) is 0 Å². The van der Waals surface area contributed by atoms with Crippen LogP contribution in [0, 0.1) is 6.92 Å². The summed E-state index contributed by atoms with van der Waals surface area (Å²) in [6.45, 7) is 5.05. The zero-order chi connectivity index (χ0) is 24.2. The first kappa shape index (κ1) is 23.2. The van der Waals surface area contributed by atoms with E-state index in [4.69, 9.17) is 9.47 Å². The van der Waals surface area contributed by atoms with Crippen LogP contribution in [0.4, 0.5) is 0 Å². The molecule has 1 aliphatic rings. The molecule has 0 amide bonds. The van der Waals surface area contributed by atoms with E-state index in [1.165, 1.54) is 0 Å². The summed E-state index contributed by atoms with van der Waals surface area (Å²) >= 11 is 0. The molecule has 0 radical (unpaired) electrons. The number of hydrogen-bond acceptors (Lipinski definition) is 7. The van der Waals surface area contributed by atoms with Gasteiger partial charge in [-0.3, -0.25) is 9.69 Å². The Morgan fingerprint density at radius 3 is 2.77 bits per heavy atom. The molecule has 9 heteroatoms. The first-order valence-corrected chi connectivity index (χ1v) is 11.9. The lowest BCUT2D eigenvalue weighted by molar-refractivity contribution is 0.0914. The molecule has 1 N–H and O–H groups in total. The van der Waals surface area contributed by atoms with Crippen LogP contribution in [-0.4, -0.2) is 49.9 Å². The van der Waals surface area contributed by atoms with Gasteiger partial charge in [0.15, 0.2) is 5.82 Å². The largest absolute Gasteiger partial charge is 0.497 e. The maximum Gasteiger partial charge on any atom is 0.252 e. The van der Waals surface area contributed by atoms with Crippen LogP contribution in [-0.2, 0) is 30.9 Å². The number of methoxy groups -OCH3 is 1. The van der Waals surface area contributed by atoms with Crippen LogP contribution in [0.2, 0.25) is 0 Å². The summed E-state index contributed by atoms with van der Waals surface area (Å²) in [6, 6.07) is 16.0. The number of nitrogens with one attached hydrogen (secondary N) is 1. The van der Waals surface area contributed by atoms with Crippen molar-refractivity contribution in [3.8, 4) is 5.75 Å². The number of hydrogen-bond donors (Lipinski definition) is 1. The van der Waals surface area contributed by atoms with E-state index in [1.807, 2.05) is 54.1 Å². The highest BCUT2D eigenvalue weighted by Crippen LogP contribution is 2.19. The van der Waals surface area contributed by atoms with Crippen LogP contribution in [0.25, 0.3) is 10.9 Å². The van der Waals surface area contributed by atoms with Crippen molar-refractivity contribution in [2.45, 2.75) is 52.0 Å². The van der Waals surface area contributed by atoms with E-state index in [1.54, 1.807) is 7.11 Å². The maximum absolute atomic E-state index is 12.9. The Hall–Kier alpha value is -3.56. The molecule has 0 saturated carbocycles. The van der Waals surface area contributed by atoms with Gasteiger partial charge in [0, 0.05) is 30.8 Å². The second kappa shape index (κ2) is 10.4. The van der Waals surface area contributed by atoms with Crippen molar-refractivity contribution < 1.29 is 9.47 Å². The minimum Gasteiger partial charge on any atom is -0.497 e. The fourth-order valence-corrected chi connectivity index (χ4v) is 4.55. The van der Waals surface area contributed by atoms with Gasteiger partial charge in [0.1, 0.15) is 5.75 Å². The average Bonchev–Trinajstić information content (AvgIpc) is 3.53. The number of benzene rings is 2. The van der Waals surface area contributed by atoms with Crippen LogP contribution < -0.4 is 10.3 Å². The Morgan fingerprint density at radius 1 is 1.14 bits per heavy atom. The Bertz CT molecular complexity index is 1340. The van der Waals surface area contributed by atoms with Gasteiger partial charge in [0.2, 0.25) is 0 Å². The molecule has 1 saturated heterocycles. The van der Waals surface area contributed by atoms with Gasteiger partial charge >= 0.3 is 0 Å². The number of tetrazole rings is 1. The van der Waals surface area contributed by atoms with E-state index in [2.05, 4.69) is 31.5 Å². The number of fused-ring (bicyclic) bond motifs is 1. The first-order chi connectivity index (χ1) is 17.1. The number of nitrogens with zero attached hydrogens (tertiary/aromatic N) is 5. The molecule has 2 aromatic heterocycles. The Balaban J connectivity index is 1.42.